The first-order valence-corrected chi connectivity index (χ1v) is 8.49. The fourth-order valence-electron chi connectivity index (χ4n) is 2.45. The summed E-state index contributed by atoms with van der Waals surface area (Å²) in [7, 11) is 4.12. The SMILES string of the molecule is CC(C)Oc1ccc(NC(N)=NCc2ccccc2CN(C)C)cc1. The molecule has 0 spiro atoms. The number of nitrogens with two attached hydrogens (primary N) is 1. The van der Waals surface area contributed by atoms with Gasteiger partial charge in [-0.1, -0.05) is 24.3 Å². The molecule has 0 saturated heterocycles. The van der Waals surface area contributed by atoms with Gasteiger partial charge in [-0.15, -0.1) is 0 Å². The predicted octanol–water partition coefficient (Wildman–Crippen LogP) is 3.46. The molecule has 5 heteroatoms. The van der Waals surface area contributed by atoms with Crippen LogP contribution in [0.2, 0.25) is 0 Å². The molecule has 2 aromatic rings. The minimum Gasteiger partial charge on any atom is -0.491 e. The summed E-state index contributed by atoms with van der Waals surface area (Å²) in [4.78, 5) is 6.61. The Balaban J connectivity index is 1.98. The Kier molecular flexibility index (Phi) is 6.83. The van der Waals surface area contributed by atoms with Crippen LogP contribution in [0.15, 0.2) is 53.5 Å². The largest absolute Gasteiger partial charge is 0.491 e. The van der Waals surface area contributed by atoms with Gasteiger partial charge >= 0.3 is 0 Å². The molecule has 0 amide bonds. The summed E-state index contributed by atoms with van der Waals surface area (Å²) < 4.78 is 5.63. The number of aliphatic imine (C=N–C) groups is 1. The van der Waals surface area contributed by atoms with Crippen LogP contribution in [-0.4, -0.2) is 31.1 Å². The van der Waals surface area contributed by atoms with Crippen LogP contribution in [-0.2, 0) is 13.1 Å². The van der Waals surface area contributed by atoms with Crippen molar-refractivity contribution in [1.82, 2.24) is 4.90 Å². The molecule has 2 rings (SSSR count). The molecular formula is C20H28N4O. The van der Waals surface area contributed by atoms with Crippen molar-refractivity contribution in [2.24, 2.45) is 10.7 Å². The van der Waals surface area contributed by atoms with Crippen molar-refractivity contribution in [2.75, 3.05) is 19.4 Å². The fraction of sp³-hybridized carbons (Fsp3) is 0.350. The minimum atomic E-state index is 0.160. The number of anilines is 1. The summed E-state index contributed by atoms with van der Waals surface area (Å²) in [5, 5.41) is 3.11. The van der Waals surface area contributed by atoms with Crippen LogP contribution in [0.3, 0.4) is 0 Å². The minimum absolute atomic E-state index is 0.160. The molecule has 0 atom stereocenters. The third-order valence-electron chi connectivity index (χ3n) is 3.52. The third-order valence-corrected chi connectivity index (χ3v) is 3.52. The Morgan fingerprint density at radius 2 is 1.72 bits per heavy atom. The van der Waals surface area contributed by atoms with E-state index in [2.05, 4.69) is 47.5 Å². The number of guanidine groups is 1. The molecule has 0 aliphatic carbocycles. The highest BCUT2D eigenvalue weighted by atomic mass is 16.5. The van der Waals surface area contributed by atoms with Crippen molar-refractivity contribution < 1.29 is 4.74 Å². The zero-order valence-electron chi connectivity index (χ0n) is 15.5. The van der Waals surface area contributed by atoms with Gasteiger partial charge in [0.05, 0.1) is 12.6 Å². The molecule has 134 valence electrons. The van der Waals surface area contributed by atoms with Gasteiger partial charge in [0.1, 0.15) is 5.75 Å². The quantitative estimate of drug-likeness (QED) is 0.598. The summed E-state index contributed by atoms with van der Waals surface area (Å²) in [6, 6.07) is 16.0. The number of ether oxygens (including phenoxy) is 1. The Bertz CT molecular complexity index is 693. The van der Waals surface area contributed by atoms with Crippen molar-refractivity contribution in [3.8, 4) is 5.75 Å². The number of rotatable bonds is 7. The van der Waals surface area contributed by atoms with Crippen molar-refractivity contribution in [3.05, 3.63) is 59.7 Å². The molecule has 0 radical (unpaired) electrons. The standard InChI is InChI=1S/C20H28N4O/c1-15(2)25-19-11-9-18(10-12-19)23-20(21)22-13-16-7-5-6-8-17(16)14-24(3)4/h5-12,15H,13-14H2,1-4H3,(H3,21,22,23). The van der Waals surface area contributed by atoms with E-state index in [9.17, 15) is 0 Å². The normalized spacial score (nSPS) is 11.8. The lowest BCUT2D eigenvalue weighted by Gasteiger charge is -2.13. The molecule has 0 saturated carbocycles. The summed E-state index contributed by atoms with van der Waals surface area (Å²) in [5.74, 6) is 1.24. The van der Waals surface area contributed by atoms with E-state index in [-0.39, 0.29) is 6.10 Å². The lowest BCUT2D eigenvalue weighted by molar-refractivity contribution is 0.242. The maximum Gasteiger partial charge on any atom is 0.193 e. The second-order valence-electron chi connectivity index (χ2n) is 6.52. The average Bonchev–Trinajstić information content (AvgIpc) is 2.55. The Morgan fingerprint density at radius 3 is 2.32 bits per heavy atom. The van der Waals surface area contributed by atoms with E-state index in [4.69, 9.17) is 10.5 Å². The fourth-order valence-corrected chi connectivity index (χ4v) is 2.45. The van der Waals surface area contributed by atoms with Gasteiger partial charge in [-0.2, -0.15) is 0 Å². The maximum atomic E-state index is 6.02. The van der Waals surface area contributed by atoms with Gasteiger partial charge in [-0.3, -0.25) is 0 Å². The molecule has 0 aliphatic rings. The molecule has 0 unspecified atom stereocenters. The highest BCUT2D eigenvalue weighted by molar-refractivity contribution is 5.92. The molecular weight excluding hydrogens is 312 g/mol. The molecule has 0 heterocycles. The Morgan fingerprint density at radius 1 is 1.08 bits per heavy atom. The number of benzene rings is 2. The third kappa shape index (κ3) is 6.47. The number of nitrogens with zero attached hydrogens (tertiary/aromatic N) is 2. The molecule has 2 aromatic carbocycles. The number of hydrogen-bond acceptors (Lipinski definition) is 3. The summed E-state index contributed by atoms with van der Waals surface area (Å²) in [5.41, 5.74) is 9.35. The van der Waals surface area contributed by atoms with Crippen LogP contribution in [0.5, 0.6) is 5.75 Å². The van der Waals surface area contributed by atoms with E-state index in [1.54, 1.807) is 0 Å². The zero-order chi connectivity index (χ0) is 18.2. The number of nitrogens with one attached hydrogen (secondary N) is 1. The van der Waals surface area contributed by atoms with E-state index in [1.807, 2.05) is 44.2 Å². The van der Waals surface area contributed by atoms with Crippen molar-refractivity contribution >= 4 is 11.6 Å². The van der Waals surface area contributed by atoms with Gasteiger partial charge in [0, 0.05) is 12.2 Å². The lowest BCUT2D eigenvalue weighted by Crippen LogP contribution is -2.22. The van der Waals surface area contributed by atoms with Gasteiger partial charge in [-0.25, -0.2) is 4.99 Å². The van der Waals surface area contributed by atoms with Crippen LogP contribution in [0.4, 0.5) is 5.69 Å². The van der Waals surface area contributed by atoms with E-state index in [1.165, 1.54) is 11.1 Å². The molecule has 0 aliphatic heterocycles. The summed E-state index contributed by atoms with van der Waals surface area (Å²) in [6.07, 6.45) is 0.160. The van der Waals surface area contributed by atoms with Crippen LogP contribution >= 0.6 is 0 Å². The van der Waals surface area contributed by atoms with Crippen LogP contribution in [0.25, 0.3) is 0 Å². The van der Waals surface area contributed by atoms with Gasteiger partial charge in [0.25, 0.3) is 0 Å². The predicted molar refractivity (Wildman–Crippen MR) is 105 cm³/mol. The Labute approximate surface area is 150 Å². The van der Waals surface area contributed by atoms with Gasteiger partial charge in [0.15, 0.2) is 5.96 Å². The molecule has 3 N–H and O–H groups in total. The van der Waals surface area contributed by atoms with Gasteiger partial charge in [-0.05, 0) is 63.3 Å². The summed E-state index contributed by atoms with van der Waals surface area (Å²) in [6.45, 7) is 5.45. The molecule has 0 bridgehead atoms. The highest BCUT2D eigenvalue weighted by Gasteiger charge is 2.03. The summed E-state index contributed by atoms with van der Waals surface area (Å²) >= 11 is 0. The van der Waals surface area contributed by atoms with Gasteiger partial charge in [0.2, 0.25) is 0 Å². The smallest absolute Gasteiger partial charge is 0.193 e. The van der Waals surface area contributed by atoms with Crippen molar-refractivity contribution in [1.29, 1.82) is 0 Å². The van der Waals surface area contributed by atoms with Crippen LogP contribution in [0.1, 0.15) is 25.0 Å². The van der Waals surface area contributed by atoms with E-state index in [0.29, 0.717) is 12.5 Å². The molecule has 25 heavy (non-hydrogen) atoms. The molecule has 0 fully saturated rings. The molecule has 5 nitrogen and oxygen atoms in total. The van der Waals surface area contributed by atoms with E-state index in [0.717, 1.165) is 18.0 Å². The van der Waals surface area contributed by atoms with Crippen LogP contribution in [0, 0.1) is 0 Å². The Hall–Kier alpha value is -2.53. The van der Waals surface area contributed by atoms with Crippen molar-refractivity contribution in [2.45, 2.75) is 33.0 Å². The average molecular weight is 340 g/mol. The van der Waals surface area contributed by atoms with E-state index < -0.39 is 0 Å². The first kappa shape index (κ1) is 18.8. The lowest BCUT2D eigenvalue weighted by atomic mass is 10.1. The van der Waals surface area contributed by atoms with Crippen molar-refractivity contribution in [3.63, 3.8) is 0 Å². The highest BCUT2D eigenvalue weighted by Crippen LogP contribution is 2.17. The second-order valence-corrected chi connectivity index (χ2v) is 6.52. The first-order valence-electron chi connectivity index (χ1n) is 8.49. The second kappa shape index (κ2) is 9.08. The maximum absolute atomic E-state index is 6.02. The van der Waals surface area contributed by atoms with E-state index >= 15 is 0 Å². The first-order chi connectivity index (χ1) is 11.9. The molecule has 0 aromatic heterocycles. The van der Waals surface area contributed by atoms with Crippen LogP contribution < -0.4 is 15.8 Å². The topological polar surface area (TPSA) is 62.9 Å². The monoisotopic (exact) mass is 340 g/mol. The van der Waals surface area contributed by atoms with Gasteiger partial charge < -0.3 is 20.7 Å². The number of hydrogen-bond donors (Lipinski definition) is 2. The zero-order valence-corrected chi connectivity index (χ0v) is 15.5.